The van der Waals surface area contributed by atoms with Crippen LogP contribution in [0.2, 0.25) is 0 Å². The summed E-state index contributed by atoms with van der Waals surface area (Å²) in [5, 5.41) is 0. The van der Waals surface area contributed by atoms with Crippen LogP contribution in [-0.4, -0.2) is 0 Å². The van der Waals surface area contributed by atoms with E-state index in [-0.39, 0.29) is 0 Å². The molecule has 112 valence electrons. The second kappa shape index (κ2) is 5.89. The minimum atomic E-state index is 0.338. The van der Waals surface area contributed by atoms with Crippen LogP contribution in [0.15, 0.2) is 84.9 Å². The van der Waals surface area contributed by atoms with E-state index in [0.717, 1.165) is 6.42 Å². The SMILES string of the molecule is CCC1=C(c2ccccc2)C(c2ccccc2)c2ccccc21. The summed E-state index contributed by atoms with van der Waals surface area (Å²) in [6, 6.07) is 30.6. The number of benzene rings is 3. The van der Waals surface area contributed by atoms with Crippen molar-refractivity contribution < 1.29 is 0 Å². The van der Waals surface area contributed by atoms with Gasteiger partial charge in [-0.1, -0.05) is 91.9 Å². The summed E-state index contributed by atoms with van der Waals surface area (Å²) >= 11 is 0. The van der Waals surface area contributed by atoms with Gasteiger partial charge in [0.25, 0.3) is 0 Å². The zero-order valence-electron chi connectivity index (χ0n) is 13.4. The van der Waals surface area contributed by atoms with Crippen LogP contribution in [0.3, 0.4) is 0 Å². The topological polar surface area (TPSA) is 0 Å². The van der Waals surface area contributed by atoms with Gasteiger partial charge < -0.3 is 0 Å². The number of hydrogen-bond donors (Lipinski definition) is 0. The zero-order valence-corrected chi connectivity index (χ0v) is 13.4. The van der Waals surface area contributed by atoms with E-state index in [2.05, 4.69) is 91.9 Å². The van der Waals surface area contributed by atoms with Gasteiger partial charge in [-0.25, -0.2) is 0 Å². The van der Waals surface area contributed by atoms with Crippen LogP contribution in [0.4, 0.5) is 0 Å². The predicted molar refractivity (Wildman–Crippen MR) is 98.3 cm³/mol. The predicted octanol–water partition coefficient (Wildman–Crippen LogP) is 6.15. The van der Waals surface area contributed by atoms with Gasteiger partial charge >= 0.3 is 0 Å². The minimum Gasteiger partial charge on any atom is -0.0622 e. The lowest BCUT2D eigenvalue weighted by Crippen LogP contribution is -2.01. The summed E-state index contributed by atoms with van der Waals surface area (Å²) in [5.74, 6) is 0.338. The standard InChI is InChI=1S/C23H20/c1-2-19-20-15-9-10-16-21(20)23(18-13-7-4-8-14-18)22(19)17-11-5-3-6-12-17/h3-16,23H,2H2,1H3. The molecule has 0 N–H and O–H groups in total. The van der Waals surface area contributed by atoms with Crippen molar-refractivity contribution in [2.45, 2.75) is 19.3 Å². The Morgan fingerprint density at radius 3 is 2.00 bits per heavy atom. The van der Waals surface area contributed by atoms with Crippen LogP contribution in [0.5, 0.6) is 0 Å². The summed E-state index contributed by atoms with van der Waals surface area (Å²) in [7, 11) is 0. The normalized spacial score (nSPS) is 16.5. The molecule has 0 amide bonds. The third-order valence-corrected chi connectivity index (χ3v) is 4.78. The smallest absolute Gasteiger partial charge is 0.0354 e. The highest BCUT2D eigenvalue weighted by molar-refractivity contribution is 6.00. The average molecular weight is 296 g/mol. The fourth-order valence-electron chi connectivity index (χ4n) is 3.83. The van der Waals surface area contributed by atoms with Crippen LogP contribution < -0.4 is 0 Å². The Bertz CT molecular complexity index is 841. The Kier molecular flexibility index (Phi) is 3.59. The summed E-state index contributed by atoms with van der Waals surface area (Å²) in [6.45, 7) is 2.27. The fourth-order valence-corrected chi connectivity index (χ4v) is 3.83. The summed E-state index contributed by atoms with van der Waals surface area (Å²) < 4.78 is 0. The molecule has 1 unspecified atom stereocenters. The van der Waals surface area contributed by atoms with Crippen molar-refractivity contribution in [1.82, 2.24) is 0 Å². The van der Waals surface area contributed by atoms with Gasteiger partial charge in [-0.3, -0.25) is 0 Å². The molecular formula is C23H20. The second-order valence-corrected chi connectivity index (χ2v) is 6.04. The Hall–Kier alpha value is -2.60. The van der Waals surface area contributed by atoms with Crippen LogP contribution in [0.1, 0.15) is 41.5 Å². The highest BCUT2D eigenvalue weighted by Crippen LogP contribution is 2.50. The maximum absolute atomic E-state index is 2.29. The van der Waals surface area contributed by atoms with Gasteiger partial charge in [0.2, 0.25) is 0 Å². The van der Waals surface area contributed by atoms with Crippen molar-refractivity contribution in [1.29, 1.82) is 0 Å². The molecule has 0 saturated heterocycles. The molecule has 3 aromatic carbocycles. The molecule has 0 nitrogen and oxygen atoms in total. The molecule has 1 atom stereocenters. The first-order valence-corrected chi connectivity index (χ1v) is 8.33. The lowest BCUT2D eigenvalue weighted by molar-refractivity contribution is 1.07. The molecular weight excluding hydrogens is 276 g/mol. The molecule has 0 spiro atoms. The van der Waals surface area contributed by atoms with Gasteiger partial charge in [-0.15, -0.1) is 0 Å². The van der Waals surface area contributed by atoms with Gasteiger partial charge in [0.15, 0.2) is 0 Å². The Morgan fingerprint density at radius 2 is 1.30 bits per heavy atom. The van der Waals surface area contributed by atoms with Gasteiger partial charge in [-0.05, 0) is 39.8 Å². The monoisotopic (exact) mass is 296 g/mol. The Labute approximate surface area is 138 Å². The lowest BCUT2D eigenvalue weighted by atomic mass is 9.85. The highest BCUT2D eigenvalue weighted by Gasteiger charge is 2.31. The molecule has 1 aliphatic rings. The van der Waals surface area contributed by atoms with E-state index >= 15 is 0 Å². The van der Waals surface area contributed by atoms with Crippen molar-refractivity contribution >= 4 is 11.1 Å². The van der Waals surface area contributed by atoms with Crippen LogP contribution in [-0.2, 0) is 0 Å². The van der Waals surface area contributed by atoms with Gasteiger partial charge in [0.05, 0.1) is 0 Å². The van der Waals surface area contributed by atoms with E-state index in [0.29, 0.717) is 5.92 Å². The minimum absolute atomic E-state index is 0.338. The summed E-state index contributed by atoms with van der Waals surface area (Å²) in [4.78, 5) is 0. The molecule has 0 bridgehead atoms. The molecule has 0 fully saturated rings. The molecule has 0 heterocycles. The molecule has 1 aliphatic carbocycles. The van der Waals surface area contributed by atoms with Crippen molar-refractivity contribution in [2.24, 2.45) is 0 Å². The van der Waals surface area contributed by atoms with E-state index in [1.54, 1.807) is 0 Å². The number of rotatable bonds is 3. The molecule has 23 heavy (non-hydrogen) atoms. The van der Waals surface area contributed by atoms with Crippen LogP contribution in [0, 0.1) is 0 Å². The molecule has 0 heteroatoms. The Morgan fingerprint density at radius 1 is 0.696 bits per heavy atom. The van der Waals surface area contributed by atoms with Gasteiger partial charge in [0, 0.05) is 5.92 Å². The quantitative estimate of drug-likeness (QED) is 0.543. The number of allylic oxidation sites excluding steroid dienone is 2. The summed E-state index contributed by atoms with van der Waals surface area (Å²) in [6.07, 6.45) is 1.06. The van der Waals surface area contributed by atoms with Crippen LogP contribution >= 0.6 is 0 Å². The molecule has 0 aromatic heterocycles. The summed E-state index contributed by atoms with van der Waals surface area (Å²) in [5.41, 5.74) is 8.54. The largest absolute Gasteiger partial charge is 0.0622 e. The Balaban J connectivity index is 1.99. The van der Waals surface area contributed by atoms with Crippen molar-refractivity contribution in [2.75, 3.05) is 0 Å². The van der Waals surface area contributed by atoms with Crippen molar-refractivity contribution in [3.63, 3.8) is 0 Å². The average Bonchev–Trinajstić information content (AvgIpc) is 2.97. The maximum Gasteiger partial charge on any atom is 0.0354 e. The van der Waals surface area contributed by atoms with Gasteiger partial charge in [0.1, 0.15) is 0 Å². The first-order chi connectivity index (χ1) is 11.4. The number of fused-ring (bicyclic) bond motifs is 1. The van der Waals surface area contributed by atoms with E-state index in [9.17, 15) is 0 Å². The van der Waals surface area contributed by atoms with E-state index < -0.39 is 0 Å². The van der Waals surface area contributed by atoms with Crippen molar-refractivity contribution in [3.05, 3.63) is 107 Å². The fraction of sp³-hybridized carbons (Fsp3) is 0.130. The highest BCUT2D eigenvalue weighted by atomic mass is 14.3. The van der Waals surface area contributed by atoms with Gasteiger partial charge in [-0.2, -0.15) is 0 Å². The van der Waals surface area contributed by atoms with E-state index in [4.69, 9.17) is 0 Å². The number of hydrogen-bond acceptors (Lipinski definition) is 0. The molecule has 3 aromatic rings. The first kappa shape index (κ1) is 14.0. The van der Waals surface area contributed by atoms with E-state index in [1.807, 2.05) is 0 Å². The maximum atomic E-state index is 2.29. The first-order valence-electron chi connectivity index (χ1n) is 8.33. The second-order valence-electron chi connectivity index (χ2n) is 6.04. The zero-order chi connectivity index (χ0) is 15.6. The van der Waals surface area contributed by atoms with Crippen LogP contribution in [0.25, 0.3) is 11.1 Å². The third kappa shape index (κ3) is 2.31. The molecule has 0 aliphatic heterocycles. The lowest BCUT2D eigenvalue weighted by Gasteiger charge is -2.18. The molecule has 0 radical (unpaired) electrons. The molecule has 0 saturated carbocycles. The van der Waals surface area contributed by atoms with E-state index in [1.165, 1.54) is 33.4 Å². The third-order valence-electron chi connectivity index (χ3n) is 4.78. The van der Waals surface area contributed by atoms with Crippen molar-refractivity contribution in [3.8, 4) is 0 Å². The molecule has 4 rings (SSSR count).